The summed E-state index contributed by atoms with van der Waals surface area (Å²) in [5.74, 6) is 0. The van der Waals surface area contributed by atoms with Gasteiger partial charge in [-0.05, 0) is 19.3 Å². The molecule has 0 atom stereocenters. The number of aliphatic hydroxyl groups excluding tert-OH is 1. The second kappa shape index (κ2) is 5.17. The number of rotatable bonds is 5. The predicted octanol–water partition coefficient (Wildman–Crippen LogP) is 3.31. The van der Waals surface area contributed by atoms with Gasteiger partial charge in [-0.25, -0.2) is 4.98 Å². The van der Waals surface area contributed by atoms with E-state index in [9.17, 15) is 5.11 Å². The zero-order chi connectivity index (χ0) is 13.3. The summed E-state index contributed by atoms with van der Waals surface area (Å²) in [6, 6.07) is 0.690. The second-order valence-corrected chi connectivity index (χ2v) is 7.16. The van der Waals surface area contributed by atoms with Crippen LogP contribution in [0, 0.1) is 0 Å². The van der Waals surface area contributed by atoms with Crippen LogP contribution >= 0.6 is 11.3 Å². The van der Waals surface area contributed by atoms with Gasteiger partial charge in [0.2, 0.25) is 0 Å². The highest BCUT2D eigenvalue weighted by atomic mass is 32.1. The molecular formula is C14H24N2OS. The topological polar surface area (TPSA) is 36.4 Å². The molecule has 0 bridgehead atoms. The molecule has 0 unspecified atom stereocenters. The number of hydrogen-bond acceptors (Lipinski definition) is 4. The third kappa shape index (κ3) is 2.86. The van der Waals surface area contributed by atoms with Gasteiger partial charge in [0.1, 0.15) is 0 Å². The molecule has 0 saturated heterocycles. The second-order valence-electron chi connectivity index (χ2n) is 6.10. The zero-order valence-corrected chi connectivity index (χ0v) is 12.7. The fourth-order valence-corrected chi connectivity index (χ4v) is 3.44. The number of aliphatic hydroxyl groups is 1. The van der Waals surface area contributed by atoms with Crippen LogP contribution in [0.25, 0.3) is 0 Å². The summed E-state index contributed by atoms with van der Waals surface area (Å²) in [5.41, 5.74) is 1.07. The summed E-state index contributed by atoms with van der Waals surface area (Å²) in [6.45, 7) is 9.87. The molecule has 1 saturated carbocycles. The van der Waals surface area contributed by atoms with Gasteiger partial charge in [-0.2, -0.15) is 0 Å². The van der Waals surface area contributed by atoms with Gasteiger partial charge in [-0.3, -0.25) is 0 Å². The Morgan fingerprint density at radius 3 is 2.44 bits per heavy atom. The first kappa shape index (κ1) is 13.8. The molecule has 3 nitrogen and oxygen atoms in total. The Balaban J connectivity index is 2.30. The summed E-state index contributed by atoms with van der Waals surface area (Å²) in [4.78, 5) is 8.27. The van der Waals surface area contributed by atoms with Crippen LogP contribution in [0.1, 0.15) is 57.5 Å². The Labute approximate surface area is 114 Å². The summed E-state index contributed by atoms with van der Waals surface area (Å²) in [6.07, 6.45) is 3.73. The van der Waals surface area contributed by atoms with Gasteiger partial charge in [-0.1, -0.05) is 39.0 Å². The number of nitrogens with zero attached hydrogens (tertiary/aromatic N) is 2. The van der Waals surface area contributed by atoms with Gasteiger partial charge >= 0.3 is 0 Å². The Kier molecular flexibility index (Phi) is 3.97. The molecule has 1 heterocycles. The average Bonchev–Trinajstić information content (AvgIpc) is 3.02. The summed E-state index contributed by atoms with van der Waals surface area (Å²) >= 11 is 1.67. The molecule has 1 fully saturated rings. The molecule has 1 aromatic rings. The van der Waals surface area contributed by atoms with E-state index in [1.807, 2.05) is 0 Å². The average molecular weight is 268 g/mol. The molecule has 0 aromatic carbocycles. The number of aromatic nitrogens is 1. The van der Waals surface area contributed by atoms with E-state index in [1.54, 1.807) is 11.3 Å². The van der Waals surface area contributed by atoms with E-state index in [-0.39, 0.29) is 12.0 Å². The fourth-order valence-electron chi connectivity index (χ4n) is 2.22. The molecule has 0 aliphatic heterocycles. The maximum Gasteiger partial charge on any atom is 0.186 e. The molecule has 0 radical (unpaired) electrons. The van der Waals surface area contributed by atoms with Crippen LogP contribution in [0.5, 0.6) is 0 Å². The maximum atomic E-state index is 9.51. The monoisotopic (exact) mass is 268 g/mol. The molecule has 18 heavy (non-hydrogen) atoms. The molecule has 4 heteroatoms. The smallest absolute Gasteiger partial charge is 0.186 e. The Hall–Kier alpha value is -0.610. The van der Waals surface area contributed by atoms with Crippen molar-refractivity contribution in [3.63, 3.8) is 0 Å². The van der Waals surface area contributed by atoms with Gasteiger partial charge < -0.3 is 10.0 Å². The van der Waals surface area contributed by atoms with Crippen LogP contribution in [0.4, 0.5) is 5.13 Å². The van der Waals surface area contributed by atoms with Crippen molar-refractivity contribution in [3.8, 4) is 0 Å². The first-order valence-corrected chi connectivity index (χ1v) is 7.66. The lowest BCUT2D eigenvalue weighted by Gasteiger charge is -2.21. The number of hydrogen-bond donors (Lipinski definition) is 1. The lowest BCUT2D eigenvalue weighted by Crippen LogP contribution is -2.26. The van der Waals surface area contributed by atoms with Gasteiger partial charge in [-0.15, -0.1) is 0 Å². The van der Waals surface area contributed by atoms with E-state index in [0.717, 1.165) is 28.7 Å². The zero-order valence-electron chi connectivity index (χ0n) is 11.9. The number of thiazole rings is 1. The molecule has 102 valence electrons. The van der Waals surface area contributed by atoms with E-state index in [4.69, 9.17) is 4.98 Å². The van der Waals surface area contributed by atoms with Crippen LogP contribution in [0.3, 0.4) is 0 Å². The summed E-state index contributed by atoms with van der Waals surface area (Å²) < 4.78 is 0. The van der Waals surface area contributed by atoms with Gasteiger partial charge in [0.25, 0.3) is 0 Å². The van der Waals surface area contributed by atoms with Crippen molar-refractivity contribution in [2.24, 2.45) is 0 Å². The first-order valence-electron chi connectivity index (χ1n) is 6.85. The van der Waals surface area contributed by atoms with Crippen LogP contribution in [0.15, 0.2) is 0 Å². The molecule has 2 rings (SSSR count). The van der Waals surface area contributed by atoms with Crippen molar-refractivity contribution in [3.05, 3.63) is 10.6 Å². The SMILES string of the molecule is CCCN(c1nc(C(C)(C)C)c(CO)s1)C1CC1. The van der Waals surface area contributed by atoms with Crippen LogP contribution in [-0.4, -0.2) is 22.7 Å². The van der Waals surface area contributed by atoms with E-state index in [1.165, 1.54) is 12.8 Å². The first-order chi connectivity index (χ1) is 8.47. The lowest BCUT2D eigenvalue weighted by atomic mass is 9.91. The molecule has 0 spiro atoms. The summed E-state index contributed by atoms with van der Waals surface area (Å²) in [7, 11) is 0. The summed E-state index contributed by atoms with van der Waals surface area (Å²) in [5, 5.41) is 10.6. The van der Waals surface area contributed by atoms with Crippen LogP contribution in [-0.2, 0) is 12.0 Å². The quantitative estimate of drug-likeness (QED) is 0.890. The molecule has 1 aliphatic rings. The minimum atomic E-state index is 0.00818. The molecular weight excluding hydrogens is 244 g/mol. The highest BCUT2D eigenvalue weighted by molar-refractivity contribution is 7.15. The van der Waals surface area contributed by atoms with Crippen molar-refractivity contribution in [1.82, 2.24) is 4.98 Å². The molecule has 1 aliphatic carbocycles. The third-order valence-electron chi connectivity index (χ3n) is 3.24. The van der Waals surface area contributed by atoms with Crippen molar-refractivity contribution in [2.75, 3.05) is 11.4 Å². The largest absolute Gasteiger partial charge is 0.391 e. The normalized spacial score (nSPS) is 16.1. The minimum Gasteiger partial charge on any atom is -0.391 e. The standard InChI is InChI=1S/C14H24N2OS/c1-5-8-16(10-6-7-10)13-15-12(14(2,3)4)11(9-17)18-13/h10,17H,5-9H2,1-4H3. The van der Waals surface area contributed by atoms with E-state index in [0.29, 0.717) is 6.04 Å². The van der Waals surface area contributed by atoms with Crippen molar-refractivity contribution < 1.29 is 5.11 Å². The Morgan fingerprint density at radius 2 is 2.06 bits per heavy atom. The fraction of sp³-hybridized carbons (Fsp3) is 0.786. The molecule has 1 N–H and O–H groups in total. The lowest BCUT2D eigenvalue weighted by molar-refractivity contribution is 0.282. The van der Waals surface area contributed by atoms with Crippen molar-refractivity contribution in [1.29, 1.82) is 0 Å². The van der Waals surface area contributed by atoms with E-state index >= 15 is 0 Å². The van der Waals surface area contributed by atoms with Gasteiger partial charge in [0, 0.05) is 18.0 Å². The van der Waals surface area contributed by atoms with Crippen LogP contribution < -0.4 is 4.90 Å². The molecule has 1 aromatic heterocycles. The Bertz CT molecular complexity index is 404. The predicted molar refractivity (Wildman–Crippen MR) is 77.4 cm³/mol. The Morgan fingerprint density at radius 1 is 1.39 bits per heavy atom. The van der Waals surface area contributed by atoms with Gasteiger partial charge in [0.15, 0.2) is 5.13 Å². The highest BCUT2D eigenvalue weighted by Crippen LogP contribution is 2.38. The van der Waals surface area contributed by atoms with Crippen molar-refractivity contribution in [2.45, 2.75) is 65.0 Å². The highest BCUT2D eigenvalue weighted by Gasteiger charge is 2.32. The van der Waals surface area contributed by atoms with E-state index in [2.05, 4.69) is 32.6 Å². The maximum absolute atomic E-state index is 9.51. The van der Waals surface area contributed by atoms with E-state index < -0.39 is 0 Å². The van der Waals surface area contributed by atoms with Crippen LogP contribution in [0.2, 0.25) is 0 Å². The third-order valence-corrected chi connectivity index (χ3v) is 4.32. The number of anilines is 1. The van der Waals surface area contributed by atoms with Gasteiger partial charge in [0.05, 0.1) is 17.2 Å². The molecule has 0 amide bonds. The van der Waals surface area contributed by atoms with Crippen molar-refractivity contribution >= 4 is 16.5 Å². The minimum absolute atomic E-state index is 0.00818.